The molecule has 0 aliphatic heterocycles. The van der Waals surface area contributed by atoms with Crippen LogP contribution in [-0.2, 0) is 6.54 Å². The summed E-state index contributed by atoms with van der Waals surface area (Å²) in [6.45, 7) is -1.03. The van der Waals surface area contributed by atoms with Gasteiger partial charge in [0.2, 0.25) is 0 Å². The van der Waals surface area contributed by atoms with Crippen molar-refractivity contribution in [2.24, 2.45) is 0 Å². The average Bonchev–Trinajstić information content (AvgIpc) is 2.19. The zero-order valence-corrected chi connectivity index (χ0v) is 8.89. The molecule has 0 radical (unpaired) electrons. The molecular weight excluding hydrogens is 245 g/mol. The van der Waals surface area contributed by atoms with Gasteiger partial charge in [-0.1, -0.05) is 17.7 Å². The Balaban J connectivity index is 2.53. The van der Waals surface area contributed by atoms with Gasteiger partial charge in [0.05, 0.1) is 6.61 Å². The lowest BCUT2D eigenvalue weighted by Crippen LogP contribution is -2.44. The van der Waals surface area contributed by atoms with Crippen LogP contribution in [0.5, 0.6) is 0 Å². The van der Waals surface area contributed by atoms with Crippen LogP contribution in [0.15, 0.2) is 18.3 Å². The summed E-state index contributed by atoms with van der Waals surface area (Å²) in [5, 5.41) is 11.0. The van der Waals surface area contributed by atoms with Crippen LogP contribution < -0.4 is 5.32 Å². The number of nitrogens with zero attached hydrogens (tertiary/aromatic N) is 1. The second-order valence-electron chi connectivity index (χ2n) is 3.15. The van der Waals surface area contributed by atoms with E-state index < -0.39 is 18.8 Å². The predicted octanol–water partition coefficient (Wildman–Crippen LogP) is 1.75. The molecule has 0 amide bonds. The number of nitrogens with one attached hydrogen (secondary N) is 1. The quantitative estimate of drug-likeness (QED) is 0.805. The lowest BCUT2D eigenvalue weighted by molar-refractivity contribution is -0.164. The zero-order chi connectivity index (χ0) is 12.2. The van der Waals surface area contributed by atoms with Crippen molar-refractivity contribution in [2.45, 2.75) is 18.8 Å². The smallest absolute Gasteiger partial charge is 0.394 e. The monoisotopic (exact) mass is 254 g/mol. The lowest BCUT2D eigenvalue weighted by Gasteiger charge is -2.19. The summed E-state index contributed by atoms with van der Waals surface area (Å²) in [4.78, 5) is 3.73. The first-order chi connectivity index (χ1) is 7.43. The van der Waals surface area contributed by atoms with Crippen LogP contribution in [-0.4, -0.2) is 28.9 Å². The maximum Gasteiger partial charge on any atom is 0.406 e. The number of aliphatic hydroxyl groups is 1. The highest BCUT2D eigenvalue weighted by Gasteiger charge is 2.38. The second kappa shape index (κ2) is 5.47. The number of aliphatic hydroxyl groups excluding tert-OH is 1. The van der Waals surface area contributed by atoms with E-state index >= 15 is 0 Å². The van der Waals surface area contributed by atoms with Crippen molar-refractivity contribution in [3.05, 3.63) is 29.0 Å². The molecule has 0 aromatic carbocycles. The first-order valence-electron chi connectivity index (χ1n) is 4.45. The van der Waals surface area contributed by atoms with Gasteiger partial charge in [0, 0.05) is 12.7 Å². The second-order valence-corrected chi connectivity index (χ2v) is 3.53. The van der Waals surface area contributed by atoms with Gasteiger partial charge in [-0.25, -0.2) is 4.98 Å². The maximum absolute atomic E-state index is 12.2. The van der Waals surface area contributed by atoms with Gasteiger partial charge in [-0.2, -0.15) is 13.2 Å². The summed E-state index contributed by atoms with van der Waals surface area (Å²) >= 11 is 5.52. The van der Waals surface area contributed by atoms with Crippen LogP contribution in [0.2, 0.25) is 5.15 Å². The highest BCUT2D eigenvalue weighted by atomic mass is 35.5. The molecule has 1 unspecified atom stereocenters. The number of hydrogen-bond acceptors (Lipinski definition) is 3. The highest BCUT2D eigenvalue weighted by molar-refractivity contribution is 6.29. The molecule has 2 N–H and O–H groups in total. The standard InChI is InChI=1S/C9H10ClF3N2O/c10-8-2-1-6(4-15-8)3-14-7(5-16)9(11,12)13/h1-2,4,7,14,16H,3,5H2. The van der Waals surface area contributed by atoms with E-state index in [0.29, 0.717) is 5.56 Å². The fourth-order valence-corrected chi connectivity index (χ4v) is 1.15. The fraction of sp³-hybridized carbons (Fsp3) is 0.444. The molecule has 1 heterocycles. The molecule has 1 atom stereocenters. The van der Waals surface area contributed by atoms with Crippen molar-refractivity contribution >= 4 is 11.6 Å². The molecule has 0 bridgehead atoms. The summed E-state index contributed by atoms with van der Waals surface area (Å²) in [6, 6.07) is 1.12. The van der Waals surface area contributed by atoms with Gasteiger partial charge in [0.15, 0.2) is 0 Å². The van der Waals surface area contributed by atoms with Gasteiger partial charge in [-0.3, -0.25) is 0 Å². The Labute approximate surface area is 95.3 Å². The van der Waals surface area contributed by atoms with E-state index in [4.69, 9.17) is 16.7 Å². The van der Waals surface area contributed by atoms with E-state index in [1.165, 1.54) is 12.3 Å². The summed E-state index contributed by atoms with van der Waals surface area (Å²) in [5.74, 6) is 0. The number of aromatic nitrogens is 1. The Morgan fingerprint density at radius 3 is 2.56 bits per heavy atom. The molecular formula is C9H10ClF3N2O. The molecule has 1 aromatic rings. The summed E-state index contributed by atoms with van der Waals surface area (Å²) < 4.78 is 36.7. The normalized spacial score (nSPS) is 13.8. The van der Waals surface area contributed by atoms with Crippen LogP contribution >= 0.6 is 11.6 Å². The zero-order valence-electron chi connectivity index (χ0n) is 8.13. The molecule has 7 heteroatoms. The molecule has 0 saturated heterocycles. The van der Waals surface area contributed by atoms with Crippen molar-refractivity contribution in [2.75, 3.05) is 6.61 Å². The van der Waals surface area contributed by atoms with Crippen molar-refractivity contribution in [1.29, 1.82) is 0 Å². The molecule has 90 valence electrons. The molecule has 1 aromatic heterocycles. The van der Waals surface area contributed by atoms with Crippen LogP contribution in [0.3, 0.4) is 0 Å². The number of rotatable bonds is 4. The molecule has 0 saturated carbocycles. The van der Waals surface area contributed by atoms with Gasteiger partial charge < -0.3 is 10.4 Å². The van der Waals surface area contributed by atoms with E-state index in [1.54, 1.807) is 6.07 Å². The van der Waals surface area contributed by atoms with Gasteiger partial charge in [0.1, 0.15) is 11.2 Å². The Kier molecular flexibility index (Phi) is 4.52. The lowest BCUT2D eigenvalue weighted by atomic mass is 10.2. The van der Waals surface area contributed by atoms with E-state index in [1.807, 2.05) is 0 Å². The molecule has 0 spiro atoms. The third-order valence-corrected chi connectivity index (χ3v) is 2.14. The molecule has 0 fully saturated rings. The Hall–Kier alpha value is -0.850. The first-order valence-corrected chi connectivity index (χ1v) is 4.82. The first kappa shape index (κ1) is 13.2. The fourth-order valence-electron chi connectivity index (χ4n) is 1.04. The third kappa shape index (κ3) is 3.96. The largest absolute Gasteiger partial charge is 0.406 e. The average molecular weight is 255 g/mol. The van der Waals surface area contributed by atoms with Crippen LogP contribution in [0.25, 0.3) is 0 Å². The van der Waals surface area contributed by atoms with Gasteiger partial charge in [-0.05, 0) is 11.6 Å². The Morgan fingerprint density at radius 2 is 2.12 bits per heavy atom. The van der Waals surface area contributed by atoms with Gasteiger partial charge >= 0.3 is 6.18 Å². The molecule has 16 heavy (non-hydrogen) atoms. The molecule has 0 aliphatic rings. The minimum atomic E-state index is -4.46. The van der Waals surface area contributed by atoms with Crippen LogP contribution in [0.1, 0.15) is 5.56 Å². The van der Waals surface area contributed by atoms with Crippen molar-refractivity contribution in [1.82, 2.24) is 10.3 Å². The number of pyridine rings is 1. The Bertz CT molecular complexity index is 329. The summed E-state index contributed by atoms with van der Waals surface area (Å²) in [6.07, 6.45) is -3.09. The van der Waals surface area contributed by atoms with E-state index in [0.717, 1.165) is 0 Å². The van der Waals surface area contributed by atoms with Gasteiger partial charge in [-0.15, -0.1) is 0 Å². The number of halogens is 4. The third-order valence-electron chi connectivity index (χ3n) is 1.92. The van der Waals surface area contributed by atoms with Crippen molar-refractivity contribution < 1.29 is 18.3 Å². The van der Waals surface area contributed by atoms with E-state index in [9.17, 15) is 13.2 Å². The summed E-state index contributed by atoms with van der Waals surface area (Å²) in [7, 11) is 0. The summed E-state index contributed by atoms with van der Waals surface area (Å²) in [5.41, 5.74) is 0.562. The van der Waals surface area contributed by atoms with E-state index in [-0.39, 0.29) is 11.7 Å². The predicted molar refractivity (Wildman–Crippen MR) is 53.0 cm³/mol. The van der Waals surface area contributed by atoms with Crippen molar-refractivity contribution in [3.63, 3.8) is 0 Å². The minimum absolute atomic E-state index is 0.0328. The minimum Gasteiger partial charge on any atom is -0.394 e. The molecule has 0 aliphatic carbocycles. The topological polar surface area (TPSA) is 45.1 Å². The SMILES string of the molecule is OCC(NCc1ccc(Cl)nc1)C(F)(F)F. The molecule has 1 rings (SSSR count). The van der Waals surface area contributed by atoms with Crippen LogP contribution in [0.4, 0.5) is 13.2 Å². The highest BCUT2D eigenvalue weighted by Crippen LogP contribution is 2.20. The van der Waals surface area contributed by atoms with Gasteiger partial charge in [0.25, 0.3) is 0 Å². The number of hydrogen-bond donors (Lipinski definition) is 2. The van der Waals surface area contributed by atoms with E-state index in [2.05, 4.69) is 10.3 Å². The Morgan fingerprint density at radius 1 is 1.44 bits per heavy atom. The van der Waals surface area contributed by atoms with Crippen molar-refractivity contribution in [3.8, 4) is 0 Å². The molecule has 3 nitrogen and oxygen atoms in total. The number of alkyl halides is 3. The maximum atomic E-state index is 12.2. The van der Waals surface area contributed by atoms with Crippen LogP contribution in [0, 0.1) is 0 Å².